The molecule has 1 saturated heterocycles. The monoisotopic (exact) mass is 300 g/mol. The summed E-state index contributed by atoms with van der Waals surface area (Å²) in [6.45, 7) is 6.67. The first-order chi connectivity index (χ1) is 10.7. The number of benzene rings is 1. The van der Waals surface area contributed by atoms with Gasteiger partial charge in [-0.05, 0) is 74.4 Å². The highest BCUT2D eigenvalue weighted by Crippen LogP contribution is 2.24. The van der Waals surface area contributed by atoms with Gasteiger partial charge in [0.15, 0.2) is 5.96 Å². The number of nitrogens with one attached hydrogen (secondary N) is 1. The number of nitrogens with zero attached hydrogens (tertiary/aromatic N) is 2. The lowest BCUT2D eigenvalue weighted by Crippen LogP contribution is -2.25. The highest BCUT2D eigenvalue weighted by Gasteiger charge is 2.21. The smallest absolute Gasteiger partial charge is 0.193 e. The van der Waals surface area contributed by atoms with Crippen molar-refractivity contribution in [1.29, 1.82) is 0 Å². The van der Waals surface area contributed by atoms with Crippen LogP contribution < -0.4 is 11.1 Å². The van der Waals surface area contributed by atoms with Gasteiger partial charge in [-0.3, -0.25) is 4.99 Å². The Hall–Kier alpha value is -1.55. The van der Waals surface area contributed by atoms with Crippen LogP contribution in [-0.4, -0.2) is 37.0 Å². The van der Waals surface area contributed by atoms with E-state index in [1.165, 1.54) is 62.9 Å². The fourth-order valence-electron chi connectivity index (χ4n) is 3.65. The molecule has 120 valence electrons. The Labute approximate surface area is 133 Å². The van der Waals surface area contributed by atoms with Crippen LogP contribution >= 0.6 is 0 Å². The fraction of sp³-hybridized carbons (Fsp3) is 0.611. The number of nitrogens with two attached hydrogens (primary N) is 1. The molecule has 22 heavy (non-hydrogen) atoms. The number of anilines is 1. The topological polar surface area (TPSA) is 53.6 Å². The van der Waals surface area contributed by atoms with E-state index in [1.54, 1.807) is 0 Å². The summed E-state index contributed by atoms with van der Waals surface area (Å²) in [7, 11) is 0. The van der Waals surface area contributed by atoms with Crippen molar-refractivity contribution in [1.82, 2.24) is 4.90 Å². The predicted molar refractivity (Wildman–Crippen MR) is 93.4 cm³/mol. The first-order valence-electron chi connectivity index (χ1n) is 8.65. The molecule has 3 rings (SSSR count). The molecule has 0 spiro atoms. The summed E-state index contributed by atoms with van der Waals surface area (Å²) < 4.78 is 0. The van der Waals surface area contributed by atoms with Crippen LogP contribution in [0.2, 0.25) is 0 Å². The Morgan fingerprint density at radius 3 is 3.09 bits per heavy atom. The van der Waals surface area contributed by atoms with Crippen LogP contribution in [-0.2, 0) is 12.8 Å². The Balaban J connectivity index is 1.50. The van der Waals surface area contributed by atoms with E-state index in [2.05, 4.69) is 40.3 Å². The molecule has 4 heteroatoms. The van der Waals surface area contributed by atoms with E-state index >= 15 is 0 Å². The van der Waals surface area contributed by atoms with Gasteiger partial charge in [-0.15, -0.1) is 0 Å². The Morgan fingerprint density at radius 1 is 1.36 bits per heavy atom. The van der Waals surface area contributed by atoms with Crippen LogP contribution in [0.5, 0.6) is 0 Å². The molecule has 0 bridgehead atoms. The molecule has 1 aromatic carbocycles. The Kier molecular flexibility index (Phi) is 4.98. The largest absolute Gasteiger partial charge is 0.370 e. The highest BCUT2D eigenvalue weighted by atomic mass is 15.2. The second kappa shape index (κ2) is 7.14. The normalized spacial score (nSPS) is 22.0. The van der Waals surface area contributed by atoms with Crippen molar-refractivity contribution in [2.24, 2.45) is 16.6 Å². The number of hydrogen-bond donors (Lipinski definition) is 2. The zero-order chi connectivity index (χ0) is 15.4. The third-order valence-corrected chi connectivity index (χ3v) is 4.80. The average molecular weight is 300 g/mol. The highest BCUT2D eigenvalue weighted by molar-refractivity contribution is 5.92. The first-order valence-corrected chi connectivity index (χ1v) is 8.65. The number of rotatable bonds is 5. The third-order valence-electron chi connectivity index (χ3n) is 4.80. The molecule has 2 aliphatic rings. The number of aliphatic imine (C=N–C) groups is 1. The summed E-state index contributed by atoms with van der Waals surface area (Å²) in [4.78, 5) is 7.08. The van der Waals surface area contributed by atoms with Gasteiger partial charge in [0.1, 0.15) is 0 Å². The molecule has 0 aromatic heterocycles. The molecule has 0 saturated carbocycles. The van der Waals surface area contributed by atoms with Gasteiger partial charge >= 0.3 is 0 Å². The second-order valence-electron chi connectivity index (χ2n) is 6.64. The van der Waals surface area contributed by atoms with Crippen molar-refractivity contribution in [3.05, 3.63) is 29.3 Å². The molecule has 1 atom stereocenters. The van der Waals surface area contributed by atoms with Crippen LogP contribution in [0.1, 0.15) is 37.3 Å². The van der Waals surface area contributed by atoms with Gasteiger partial charge in [0.2, 0.25) is 0 Å². The minimum Gasteiger partial charge on any atom is -0.370 e. The van der Waals surface area contributed by atoms with Crippen molar-refractivity contribution in [3.63, 3.8) is 0 Å². The zero-order valence-corrected chi connectivity index (χ0v) is 13.6. The van der Waals surface area contributed by atoms with Gasteiger partial charge in [-0.2, -0.15) is 0 Å². The van der Waals surface area contributed by atoms with Gasteiger partial charge in [-0.25, -0.2) is 0 Å². The van der Waals surface area contributed by atoms with Crippen LogP contribution in [0.4, 0.5) is 5.69 Å². The van der Waals surface area contributed by atoms with Gasteiger partial charge < -0.3 is 16.0 Å². The van der Waals surface area contributed by atoms with Gasteiger partial charge in [0.05, 0.1) is 0 Å². The number of aryl methyl sites for hydroxylation is 2. The molecule has 1 aliphatic carbocycles. The van der Waals surface area contributed by atoms with Crippen LogP contribution in [0, 0.1) is 5.92 Å². The maximum absolute atomic E-state index is 6.05. The maximum atomic E-state index is 6.05. The molecule has 3 N–H and O–H groups in total. The van der Waals surface area contributed by atoms with Gasteiger partial charge in [-0.1, -0.05) is 13.0 Å². The van der Waals surface area contributed by atoms with Crippen molar-refractivity contribution in [2.75, 3.05) is 31.5 Å². The number of likely N-dealkylation sites (tertiary alicyclic amines) is 1. The molecule has 0 amide bonds. The summed E-state index contributed by atoms with van der Waals surface area (Å²) in [6, 6.07) is 6.56. The fourth-order valence-corrected chi connectivity index (χ4v) is 3.65. The molecule has 0 radical (unpaired) electrons. The SMILES string of the molecule is CCCN1CCC(CN=C(N)Nc2ccc3c(c2)CCC3)C1. The van der Waals surface area contributed by atoms with Gasteiger partial charge in [0.25, 0.3) is 0 Å². The van der Waals surface area contributed by atoms with E-state index in [0.29, 0.717) is 11.9 Å². The summed E-state index contributed by atoms with van der Waals surface area (Å²) in [5.41, 5.74) is 10.1. The van der Waals surface area contributed by atoms with Crippen LogP contribution in [0.15, 0.2) is 23.2 Å². The summed E-state index contributed by atoms with van der Waals surface area (Å²) >= 11 is 0. The third kappa shape index (κ3) is 3.80. The number of fused-ring (bicyclic) bond motifs is 1. The molecule has 4 nitrogen and oxygen atoms in total. The molecule has 1 aromatic rings. The van der Waals surface area contributed by atoms with Gasteiger partial charge in [0, 0.05) is 18.8 Å². The summed E-state index contributed by atoms with van der Waals surface area (Å²) in [6.07, 6.45) is 6.16. The minimum atomic E-state index is 0.548. The van der Waals surface area contributed by atoms with E-state index in [0.717, 1.165) is 12.2 Å². The van der Waals surface area contributed by atoms with E-state index in [1.807, 2.05) is 0 Å². The van der Waals surface area contributed by atoms with Crippen molar-refractivity contribution >= 4 is 11.6 Å². The molecule has 1 heterocycles. The molecular weight excluding hydrogens is 272 g/mol. The molecular formula is C18H28N4. The lowest BCUT2D eigenvalue weighted by Gasteiger charge is -2.14. The standard InChI is InChI=1S/C18H28N4/c1-2-9-22-10-8-14(13-22)12-20-18(19)21-17-7-6-15-4-3-5-16(15)11-17/h6-7,11,14H,2-5,8-10,12-13H2,1H3,(H3,19,20,21). The van der Waals surface area contributed by atoms with E-state index in [9.17, 15) is 0 Å². The molecule has 1 fully saturated rings. The summed E-state index contributed by atoms with van der Waals surface area (Å²) in [5.74, 6) is 1.21. The van der Waals surface area contributed by atoms with Crippen molar-refractivity contribution in [3.8, 4) is 0 Å². The number of hydrogen-bond acceptors (Lipinski definition) is 2. The quantitative estimate of drug-likeness (QED) is 0.649. The lowest BCUT2D eigenvalue weighted by atomic mass is 10.1. The number of guanidine groups is 1. The molecule has 1 aliphatic heterocycles. The van der Waals surface area contributed by atoms with E-state index in [4.69, 9.17) is 5.73 Å². The van der Waals surface area contributed by atoms with E-state index < -0.39 is 0 Å². The Morgan fingerprint density at radius 2 is 2.23 bits per heavy atom. The van der Waals surface area contributed by atoms with E-state index in [-0.39, 0.29) is 0 Å². The maximum Gasteiger partial charge on any atom is 0.193 e. The van der Waals surface area contributed by atoms with Crippen LogP contribution in [0.25, 0.3) is 0 Å². The molecule has 1 unspecified atom stereocenters. The van der Waals surface area contributed by atoms with Crippen LogP contribution in [0.3, 0.4) is 0 Å². The minimum absolute atomic E-state index is 0.548. The Bertz CT molecular complexity index is 538. The summed E-state index contributed by atoms with van der Waals surface area (Å²) in [5, 5.41) is 3.25. The van der Waals surface area contributed by atoms with Crippen molar-refractivity contribution in [2.45, 2.75) is 39.0 Å². The first kappa shape index (κ1) is 15.3. The average Bonchev–Trinajstić information content (AvgIpc) is 3.14. The predicted octanol–water partition coefficient (Wildman–Crippen LogP) is 2.63. The zero-order valence-electron chi connectivity index (χ0n) is 13.6. The second-order valence-corrected chi connectivity index (χ2v) is 6.64. The lowest BCUT2D eigenvalue weighted by molar-refractivity contribution is 0.326. The van der Waals surface area contributed by atoms with Crippen molar-refractivity contribution < 1.29 is 0 Å².